The molecule has 1 aliphatic carbocycles. The van der Waals surface area contributed by atoms with Crippen molar-refractivity contribution in [2.45, 2.75) is 44.4 Å². The van der Waals surface area contributed by atoms with Crippen LogP contribution in [-0.2, 0) is 0 Å². The van der Waals surface area contributed by atoms with Gasteiger partial charge in [0, 0.05) is 19.4 Å². The zero-order valence-electron chi connectivity index (χ0n) is 7.23. The molecule has 0 saturated heterocycles. The van der Waals surface area contributed by atoms with Crippen molar-refractivity contribution in [3.05, 3.63) is 0 Å². The van der Waals surface area contributed by atoms with E-state index < -0.39 is 5.92 Å². The third kappa shape index (κ3) is 3.05. The Morgan fingerprint density at radius 3 is 2.75 bits per heavy atom. The molecule has 1 fully saturated rings. The Morgan fingerprint density at radius 2 is 2.17 bits per heavy atom. The maximum Gasteiger partial charge on any atom is 0.248 e. The van der Waals surface area contributed by atoms with Gasteiger partial charge in [-0.1, -0.05) is 6.42 Å². The SMILES string of the molecule is OCCCC1CCCC(F)(F)C1. The van der Waals surface area contributed by atoms with Gasteiger partial charge in [0.05, 0.1) is 0 Å². The van der Waals surface area contributed by atoms with E-state index in [9.17, 15) is 8.78 Å². The highest BCUT2D eigenvalue weighted by atomic mass is 19.3. The first kappa shape index (κ1) is 9.90. The minimum Gasteiger partial charge on any atom is -0.396 e. The van der Waals surface area contributed by atoms with Gasteiger partial charge in [-0.3, -0.25) is 0 Å². The van der Waals surface area contributed by atoms with Crippen LogP contribution in [0.4, 0.5) is 8.78 Å². The Balaban J connectivity index is 2.26. The molecule has 0 aromatic rings. The van der Waals surface area contributed by atoms with Crippen LogP contribution in [0.5, 0.6) is 0 Å². The molecule has 0 aliphatic heterocycles. The lowest BCUT2D eigenvalue weighted by molar-refractivity contribution is -0.0541. The lowest BCUT2D eigenvalue weighted by atomic mass is 9.84. The number of hydrogen-bond donors (Lipinski definition) is 1. The van der Waals surface area contributed by atoms with Crippen molar-refractivity contribution in [1.82, 2.24) is 0 Å². The second kappa shape index (κ2) is 4.17. The minimum atomic E-state index is -2.43. The van der Waals surface area contributed by atoms with E-state index in [0.29, 0.717) is 12.8 Å². The van der Waals surface area contributed by atoms with Gasteiger partial charge in [-0.15, -0.1) is 0 Å². The summed E-state index contributed by atoms with van der Waals surface area (Å²) in [6.45, 7) is 0.127. The maximum atomic E-state index is 12.8. The van der Waals surface area contributed by atoms with Crippen molar-refractivity contribution in [3.63, 3.8) is 0 Å². The first-order chi connectivity index (χ1) is 5.64. The maximum absolute atomic E-state index is 12.8. The summed E-state index contributed by atoms with van der Waals surface area (Å²) in [4.78, 5) is 0. The summed E-state index contributed by atoms with van der Waals surface area (Å²) >= 11 is 0. The predicted molar refractivity (Wildman–Crippen MR) is 43.2 cm³/mol. The Labute approximate surface area is 71.8 Å². The molecule has 0 radical (unpaired) electrons. The molecule has 0 spiro atoms. The summed E-state index contributed by atoms with van der Waals surface area (Å²) in [5.41, 5.74) is 0. The van der Waals surface area contributed by atoms with Crippen molar-refractivity contribution in [1.29, 1.82) is 0 Å². The zero-order valence-corrected chi connectivity index (χ0v) is 7.23. The second-order valence-corrected chi connectivity index (χ2v) is 3.68. The van der Waals surface area contributed by atoms with Gasteiger partial charge in [0.15, 0.2) is 0 Å². The van der Waals surface area contributed by atoms with Crippen molar-refractivity contribution in [2.24, 2.45) is 5.92 Å². The van der Waals surface area contributed by atoms with E-state index in [4.69, 9.17) is 5.11 Å². The first-order valence-electron chi connectivity index (χ1n) is 4.63. The lowest BCUT2D eigenvalue weighted by Crippen LogP contribution is -2.26. The fourth-order valence-corrected chi connectivity index (χ4v) is 1.90. The molecule has 1 aliphatic rings. The van der Waals surface area contributed by atoms with Crippen LogP contribution in [0.1, 0.15) is 38.5 Å². The van der Waals surface area contributed by atoms with Gasteiger partial charge in [-0.05, 0) is 25.2 Å². The molecule has 3 heteroatoms. The third-order valence-electron chi connectivity index (χ3n) is 2.51. The Bertz CT molecular complexity index is 136. The van der Waals surface area contributed by atoms with E-state index >= 15 is 0 Å². The van der Waals surface area contributed by atoms with Crippen LogP contribution in [-0.4, -0.2) is 17.6 Å². The van der Waals surface area contributed by atoms with Gasteiger partial charge >= 0.3 is 0 Å². The Morgan fingerprint density at radius 1 is 1.42 bits per heavy atom. The number of aliphatic hydroxyl groups excluding tert-OH is 1. The van der Waals surface area contributed by atoms with Gasteiger partial charge in [0.25, 0.3) is 0 Å². The Hall–Kier alpha value is -0.180. The summed E-state index contributed by atoms with van der Waals surface area (Å²) < 4.78 is 25.6. The summed E-state index contributed by atoms with van der Waals surface area (Å²) in [6, 6.07) is 0. The second-order valence-electron chi connectivity index (χ2n) is 3.68. The van der Waals surface area contributed by atoms with Crippen molar-refractivity contribution < 1.29 is 13.9 Å². The number of aliphatic hydroxyl groups is 1. The number of rotatable bonds is 3. The van der Waals surface area contributed by atoms with E-state index in [-0.39, 0.29) is 25.4 Å². The molecule has 1 unspecified atom stereocenters. The van der Waals surface area contributed by atoms with E-state index in [0.717, 1.165) is 12.8 Å². The summed E-state index contributed by atoms with van der Waals surface area (Å²) in [6.07, 6.45) is 3.07. The molecule has 1 atom stereocenters. The minimum absolute atomic E-state index is 0.0347. The van der Waals surface area contributed by atoms with Crippen molar-refractivity contribution >= 4 is 0 Å². The summed E-state index contributed by atoms with van der Waals surface area (Å²) in [7, 11) is 0. The highest BCUT2D eigenvalue weighted by Gasteiger charge is 2.35. The first-order valence-corrected chi connectivity index (χ1v) is 4.63. The molecular weight excluding hydrogens is 162 g/mol. The van der Waals surface area contributed by atoms with E-state index in [1.165, 1.54) is 0 Å². The van der Waals surface area contributed by atoms with Crippen LogP contribution >= 0.6 is 0 Å². The van der Waals surface area contributed by atoms with Gasteiger partial charge in [-0.25, -0.2) is 8.78 Å². The van der Waals surface area contributed by atoms with Gasteiger partial charge in [0.1, 0.15) is 0 Å². The Kier molecular flexibility index (Phi) is 3.44. The molecule has 1 rings (SSSR count). The fourth-order valence-electron chi connectivity index (χ4n) is 1.90. The smallest absolute Gasteiger partial charge is 0.248 e. The topological polar surface area (TPSA) is 20.2 Å². The molecule has 0 aromatic heterocycles. The van der Waals surface area contributed by atoms with Crippen LogP contribution in [0.2, 0.25) is 0 Å². The molecule has 1 nitrogen and oxygen atoms in total. The van der Waals surface area contributed by atoms with E-state index in [2.05, 4.69) is 0 Å². The zero-order chi connectivity index (χ0) is 9.03. The fraction of sp³-hybridized carbons (Fsp3) is 1.00. The monoisotopic (exact) mass is 178 g/mol. The normalized spacial score (nSPS) is 28.8. The number of hydrogen-bond acceptors (Lipinski definition) is 1. The summed E-state index contributed by atoms with van der Waals surface area (Å²) in [5.74, 6) is -2.29. The van der Waals surface area contributed by atoms with Crippen LogP contribution in [0.15, 0.2) is 0 Å². The van der Waals surface area contributed by atoms with E-state index in [1.54, 1.807) is 0 Å². The molecule has 0 heterocycles. The predicted octanol–water partition coefficient (Wildman–Crippen LogP) is 2.58. The quantitative estimate of drug-likeness (QED) is 0.704. The highest BCUT2D eigenvalue weighted by molar-refractivity contribution is 4.78. The molecule has 1 saturated carbocycles. The van der Waals surface area contributed by atoms with Crippen molar-refractivity contribution in [2.75, 3.05) is 6.61 Å². The number of alkyl halides is 2. The molecule has 0 bridgehead atoms. The van der Waals surface area contributed by atoms with Gasteiger partial charge in [-0.2, -0.15) is 0 Å². The molecule has 72 valence electrons. The van der Waals surface area contributed by atoms with Crippen LogP contribution in [0, 0.1) is 5.92 Å². The lowest BCUT2D eigenvalue weighted by Gasteiger charge is -2.28. The standard InChI is InChI=1S/C9H16F2O/c10-9(11)5-1-3-8(7-9)4-2-6-12/h8,12H,1-7H2. The molecule has 0 amide bonds. The molecular formula is C9H16F2O. The molecule has 1 N–H and O–H groups in total. The van der Waals surface area contributed by atoms with Crippen molar-refractivity contribution in [3.8, 4) is 0 Å². The third-order valence-corrected chi connectivity index (χ3v) is 2.51. The number of halogens is 2. The van der Waals surface area contributed by atoms with E-state index in [1.807, 2.05) is 0 Å². The van der Waals surface area contributed by atoms with Gasteiger partial charge in [0.2, 0.25) is 5.92 Å². The van der Waals surface area contributed by atoms with Gasteiger partial charge < -0.3 is 5.11 Å². The van der Waals surface area contributed by atoms with Crippen LogP contribution < -0.4 is 0 Å². The summed E-state index contributed by atoms with van der Waals surface area (Å²) in [5, 5.41) is 8.54. The largest absolute Gasteiger partial charge is 0.396 e. The average molecular weight is 178 g/mol. The highest BCUT2D eigenvalue weighted by Crippen LogP contribution is 2.38. The van der Waals surface area contributed by atoms with Crippen LogP contribution in [0.3, 0.4) is 0 Å². The average Bonchev–Trinajstić information content (AvgIpc) is 1.99. The molecule has 0 aromatic carbocycles. The molecule has 12 heavy (non-hydrogen) atoms. The van der Waals surface area contributed by atoms with Crippen LogP contribution in [0.25, 0.3) is 0 Å².